The van der Waals surface area contributed by atoms with Crippen LogP contribution in [0, 0.1) is 0 Å². The quantitative estimate of drug-likeness (QED) is 0.934. The van der Waals surface area contributed by atoms with Crippen LogP contribution in [0.15, 0.2) is 34.7 Å². The van der Waals surface area contributed by atoms with Crippen LogP contribution in [0.2, 0.25) is 0 Å². The molecule has 1 unspecified atom stereocenters. The highest BCUT2D eigenvalue weighted by Crippen LogP contribution is 2.33. The number of fused-ring (bicyclic) bond motifs is 1. The molecule has 4 nitrogen and oxygen atoms in total. The minimum atomic E-state index is -0.805. The third kappa shape index (κ3) is 2.66. The Bertz CT molecular complexity index is 674. The Morgan fingerprint density at radius 3 is 2.95 bits per heavy atom. The van der Waals surface area contributed by atoms with Crippen LogP contribution in [-0.2, 0) is 11.2 Å². The maximum absolute atomic E-state index is 10.8. The second kappa shape index (κ2) is 5.28. The first kappa shape index (κ1) is 13.7. The Morgan fingerprint density at radius 2 is 2.19 bits per heavy atom. The van der Waals surface area contributed by atoms with Gasteiger partial charge in [0.2, 0.25) is 0 Å². The van der Waals surface area contributed by atoms with Gasteiger partial charge in [-0.05, 0) is 42.3 Å². The molecule has 2 heterocycles. The van der Waals surface area contributed by atoms with Gasteiger partial charge in [-0.1, -0.05) is 6.92 Å². The van der Waals surface area contributed by atoms with Gasteiger partial charge in [-0.2, -0.15) is 0 Å². The van der Waals surface area contributed by atoms with Crippen molar-refractivity contribution in [2.75, 3.05) is 18.5 Å². The molecule has 2 aromatic rings. The summed E-state index contributed by atoms with van der Waals surface area (Å²) in [6, 6.07) is 10.2. The smallest absolute Gasteiger partial charge is 0.304 e. The molecule has 0 bridgehead atoms. The summed E-state index contributed by atoms with van der Waals surface area (Å²) < 4.78 is 5.84. The average molecular weight is 285 g/mol. The number of carbonyl (C=O) groups is 1. The van der Waals surface area contributed by atoms with Crippen LogP contribution in [0.25, 0.3) is 11.3 Å². The Kier molecular flexibility index (Phi) is 3.45. The SMILES string of the molecule is CC(CC(=O)O)c1ccc(-c2ccc3c(c2)CCN3C)o1. The monoisotopic (exact) mass is 285 g/mol. The number of rotatable bonds is 4. The molecule has 1 N–H and O–H groups in total. The van der Waals surface area contributed by atoms with Crippen LogP contribution in [0.3, 0.4) is 0 Å². The van der Waals surface area contributed by atoms with Gasteiger partial charge in [0.05, 0.1) is 6.42 Å². The van der Waals surface area contributed by atoms with E-state index in [1.807, 2.05) is 19.1 Å². The summed E-state index contributed by atoms with van der Waals surface area (Å²) in [6.07, 6.45) is 1.14. The van der Waals surface area contributed by atoms with Gasteiger partial charge >= 0.3 is 5.97 Å². The second-order valence-electron chi connectivity index (χ2n) is 5.72. The number of hydrogen-bond acceptors (Lipinski definition) is 3. The van der Waals surface area contributed by atoms with Crippen molar-refractivity contribution in [1.29, 1.82) is 0 Å². The van der Waals surface area contributed by atoms with Gasteiger partial charge in [0.1, 0.15) is 11.5 Å². The maximum atomic E-state index is 10.8. The molecule has 1 atom stereocenters. The third-order valence-corrected chi connectivity index (χ3v) is 4.09. The van der Waals surface area contributed by atoms with Crippen molar-refractivity contribution in [2.24, 2.45) is 0 Å². The van der Waals surface area contributed by atoms with Gasteiger partial charge in [-0.15, -0.1) is 0 Å². The van der Waals surface area contributed by atoms with E-state index in [4.69, 9.17) is 9.52 Å². The lowest BCUT2D eigenvalue weighted by atomic mass is 10.1. The standard InChI is InChI=1S/C17H19NO3/c1-11(9-17(19)20)15-5-6-16(21-15)13-3-4-14-12(10-13)7-8-18(14)2/h3-6,10-11H,7-9H2,1-2H3,(H,19,20). The Labute approximate surface area is 124 Å². The summed E-state index contributed by atoms with van der Waals surface area (Å²) >= 11 is 0. The number of likely N-dealkylation sites (N-methyl/N-ethyl adjacent to an activating group) is 1. The molecule has 0 aliphatic carbocycles. The van der Waals surface area contributed by atoms with Crippen LogP contribution < -0.4 is 4.90 Å². The molecule has 0 amide bonds. The summed E-state index contributed by atoms with van der Waals surface area (Å²) in [4.78, 5) is 13.0. The van der Waals surface area contributed by atoms with E-state index >= 15 is 0 Å². The Balaban J connectivity index is 1.85. The van der Waals surface area contributed by atoms with Crippen molar-refractivity contribution in [1.82, 2.24) is 0 Å². The van der Waals surface area contributed by atoms with Gasteiger partial charge in [0.15, 0.2) is 0 Å². The molecule has 4 heteroatoms. The van der Waals surface area contributed by atoms with Gasteiger partial charge in [-0.3, -0.25) is 4.79 Å². The van der Waals surface area contributed by atoms with E-state index in [-0.39, 0.29) is 12.3 Å². The average Bonchev–Trinajstić information content (AvgIpc) is 3.05. The van der Waals surface area contributed by atoms with Gasteiger partial charge in [-0.25, -0.2) is 0 Å². The molecule has 110 valence electrons. The summed E-state index contributed by atoms with van der Waals surface area (Å²) in [7, 11) is 2.10. The fourth-order valence-corrected chi connectivity index (χ4v) is 2.86. The number of benzene rings is 1. The molecule has 0 radical (unpaired) electrons. The summed E-state index contributed by atoms with van der Waals surface area (Å²) in [5.74, 6) is 0.613. The molecule has 0 saturated carbocycles. The molecule has 1 aliphatic heterocycles. The van der Waals surface area contributed by atoms with Crippen LogP contribution >= 0.6 is 0 Å². The molecule has 0 spiro atoms. The minimum absolute atomic E-state index is 0.0853. The zero-order chi connectivity index (χ0) is 15.0. The zero-order valence-electron chi connectivity index (χ0n) is 12.3. The van der Waals surface area contributed by atoms with Crippen LogP contribution in [0.4, 0.5) is 5.69 Å². The predicted molar refractivity (Wildman–Crippen MR) is 81.8 cm³/mol. The molecule has 0 saturated heterocycles. The van der Waals surface area contributed by atoms with E-state index in [0.717, 1.165) is 30.0 Å². The van der Waals surface area contributed by atoms with Gasteiger partial charge in [0, 0.05) is 30.8 Å². The number of carboxylic acids is 1. The largest absolute Gasteiger partial charge is 0.481 e. The highest BCUT2D eigenvalue weighted by Gasteiger charge is 2.18. The van der Waals surface area contributed by atoms with E-state index in [0.29, 0.717) is 0 Å². The van der Waals surface area contributed by atoms with Gasteiger partial charge in [0.25, 0.3) is 0 Å². The number of carboxylic acid groups (broad SMARTS) is 1. The summed E-state index contributed by atoms with van der Waals surface area (Å²) in [5.41, 5.74) is 3.68. The van der Waals surface area contributed by atoms with Crippen molar-refractivity contribution in [3.05, 3.63) is 41.7 Å². The highest BCUT2D eigenvalue weighted by molar-refractivity contribution is 5.69. The molecule has 1 aromatic heterocycles. The second-order valence-corrected chi connectivity index (χ2v) is 5.72. The molecule has 1 aliphatic rings. The fourth-order valence-electron chi connectivity index (χ4n) is 2.86. The number of hydrogen-bond donors (Lipinski definition) is 1. The Hall–Kier alpha value is -2.23. The first-order chi connectivity index (χ1) is 10.0. The van der Waals surface area contributed by atoms with Crippen molar-refractivity contribution in [2.45, 2.75) is 25.7 Å². The number of furan rings is 1. The van der Waals surface area contributed by atoms with Crippen molar-refractivity contribution in [3.63, 3.8) is 0 Å². The maximum Gasteiger partial charge on any atom is 0.304 e. The van der Waals surface area contributed by atoms with Crippen LogP contribution in [-0.4, -0.2) is 24.7 Å². The van der Waals surface area contributed by atoms with E-state index in [9.17, 15) is 4.79 Å². The summed E-state index contributed by atoms with van der Waals surface area (Å²) in [6.45, 7) is 2.92. The lowest BCUT2D eigenvalue weighted by Gasteiger charge is -2.11. The fraction of sp³-hybridized carbons (Fsp3) is 0.353. The zero-order valence-corrected chi connectivity index (χ0v) is 12.3. The third-order valence-electron chi connectivity index (χ3n) is 4.09. The number of aliphatic carboxylic acids is 1. The molecule has 1 aromatic carbocycles. The molecule has 21 heavy (non-hydrogen) atoms. The van der Waals surface area contributed by atoms with Crippen LogP contribution in [0.1, 0.15) is 30.6 Å². The highest BCUT2D eigenvalue weighted by atomic mass is 16.4. The Morgan fingerprint density at radius 1 is 1.38 bits per heavy atom. The topological polar surface area (TPSA) is 53.7 Å². The van der Waals surface area contributed by atoms with E-state index < -0.39 is 5.97 Å². The molecule has 0 fully saturated rings. The van der Waals surface area contributed by atoms with E-state index in [1.165, 1.54) is 11.3 Å². The van der Waals surface area contributed by atoms with Crippen LogP contribution in [0.5, 0.6) is 0 Å². The normalized spacial score (nSPS) is 15.0. The lowest BCUT2D eigenvalue weighted by molar-refractivity contribution is -0.137. The first-order valence-electron chi connectivity index (χ1n) is 7.20. The first-order valence-corrected chi connectivity index (χ1v) is 7.20. The van der Waals surface area contributed by atoms with Crippen molar-refractivity contribution >= 4 is 11.7 Å². The molecule has 3 rings (SSSR count). The predicted octanol–water partition coefficient (Wildman–Crippen LogP) is 3.52. The molecular weight excluding hydrogens is 266 g/mol. The number of anilines is 1. The minimum Gasteiger partial charge on any atom is -0.481 e. The van der Waals surface area contributed by atoms with E-state index in [1.54, 1.807) is 0 Å². The van der Waals surface area contributed by atoms with Gasteiger partial charge < -0.3 is 14.4 Å². The molecular formula is C17H19NO3. The van der Waals surface area contributed by atoms with Crippen molar-refractivity contribution < 1.29 is 14.3 Å². The van der Waals surface area contributed by atoms with E-state index in [2.05, 4.69) is 30.1 Å². The summed E-state index contributed by atoms with van der Waals surface area (Å²) in [5, 5.41) is 8.85. The van der Waals surface area contributed by atoms with Crippen molar-refractivity contribution in [3.8, 4) is 11.3 Å². The lowest BCUT2D eigenvalue weighted by Crippen LogP contribution is -2.12. The number of nitrogens with zero attached hydrogens (tertiary/aromatic N) is 1.